The van der Waals surface area contributed by atoms with E-state index in [0.717, 1.165) is 38.1 Å². The van der Waals surface area contributed by atoms with E-state index < -0.39 is 14.8 Å². The molecule has 0 saturated heterocycles. The van der Waals surface area contributed by atoms with E-state index >= 15 is 0 Å². The van der Waals surface area contributed by atoms with Crippen molar-refractivity contribution in [3.8, 4) is 0 Å². The molecule has 6 heteroatoms. The third kappa shape index (κ3) is 7.46. The molecule has 0 aromatic carbocycles. The minimum absolute atomic E-state index is 0.421. The number of hydrogen-bond acceptors (Lipinski definition) is 4. The Hall–Kier alpha value is -0.693. The quantitative estimate of drug-likeness (QED) is 0.360. The van der Waals surface area contributed by atoms with Crippen molar-refractivity contribution in [3.05, 3.63) is 11.6 Å². The van der Waals surface area contributed by atoms with Gasteiger partial charge in [0.15, 0.2) is 0 Å². The molecule has 112 valence electrons. The number of allylic oxidation sites excluding steroid dienone is 1. The van der Waals surface area contributed by atoms with Gasteiger partial charge < -0.3 is 18.4 Å². The minimum atomic E-state index is -2.41. The third-order valence-corrected chi connectivity index (χ3v) is 5.99. The van der Waals surface area contributed by atoms with E-state index in [1.165, 1.54) is 0 Å². The average molecular weight is 290 g/mol. The van der Waals surface area contributed by atoms with Crippen molar-refractivity contribution in [2.24, 2.45) is 0 Å². The van der Waals surface area contributed by atoms with Crippen molar-refractivity contribution >= 4 is 14.8 Å². The van der Waals surface area contributed by atoms with Crippen molar-refractivity contribution in [2.45, 2.75) is 45.1 Å². The molecule has 0 aromatic heterocycles. The number of carbonyl (C=O) groups is 1. The summed E-state index contributed by atoms with van der Waals surface area (Å²) >= 11 is 0. The predicted molar refractivity (Wildman–Crippen MR) is 76.1 cm³/mol. The van der Waals surface area contributed by atoms with E-state index in [2.05, 4.69) is 0 Å². The zero-order valence-electron chi connectivity index (χ0n) is 12.4. The molecule has 0 unspecified atom stereocenters. The Morgan fingerprint density at radius 1 is 1.05 bits per heavy atom. The van der Waals surface area contributed by atoms with E-state index in [4.69, 9.17) is 18.4 Å². The summed E-state index contributed by atoms with van der Waals surface area (Å²) < 4.78 is 16.0. The van der Waals surface area contributed by atoms with Gasteiger partial charge in [-0.3, -0.25) is 0 Å². The van der Waals surface area contributed by atoms with Crippen LogP contribution in [-0.2, 0) is 18.1 Å². The van der Waals surface area contributed by atoms with Crippen LogP contribution in [0.15, 0.2) is 11.6 Å². The summed E-state index contributed by atoms with van der Waals surface area (Å²) in [6, 6.07) is 0.820. The zero-order chi connectivity index (χ0) is 14.7. The van der Waals surface area contributed by atoms with Gasteiger partial charge in [-0.1, -0.05) is 18.9 Å². The Kier molecular flexibility index (Phi) is 9.77. The second-order valence-electron chi connectivity index (χ2n) is 4.44. The lowest BCUT2D eigenvalue weighted by atomic mass is 10.1. The van der Waals surface area contributed by atoms with Gasteiger partial charge in [0.1, 0.15) is 0 Å². The fourth-order valence-corrected chi connectivity index (χ4v) is 3.60. The molecule has 19 heavy (non-hydrogen) atoms. The van der Waals surface area contributed by atoms with Crippen LogP contribution in [0.2, 0.25) is 6.04 Å². The number of carboxylic acid groups (broad SMARTS) is 1. The molecule has 0 atom stereocenters. The Morgan fingerprint density at radius 2 is 1.58 bits per heavy atom. The largest absolute Gasteiger partial charge is 0.500 e. The smallest absolute Gasteiger partial charge is 0.478 e. The first-order chi connectivity index (χ1) is 9.01. The molecule has 0 aromatic rings. The first-order valence-electron chi connectivity index (χ1n) is 6.57. The lowest BCUT2D eigenvalue weighted by molar-refractivity contribution is -0.132. The standard InChI is InChI=1S/C13H26O5Si/c1-12(13(14)15)10-8-6-5-7-9-11-19(16-2,17-3)18-4/h10H,5-9,11H2,1-4H3,(H,14,15). The van der Waals surface area contributed by atoms with Crippen LogP contribution in [0.3, 0.4) is 0 Å². The highest BCUT2D eigenvalue weighted by Gasteiger charge is 2.36. The molecule has 0 spiro atoms. The SMILES string of the molecule is CO[Si](CCCCCCC=C(C)C(=O)O)(OC)OC. The van der Waals surface area contributed by atoms with Crippen LogP contribution >= 0.6 is 0 Å². The molecule has 0 aliphatic rings. The van der Waals surface area contributed by atoms with E-state index in [1.54, 1.807) is 34.3 Å². The van der Waals surface area contributed by atoms with E-state index in [1.807, 2.05) is 0 Å². The maximum Gasteiger partial charge on any atom is 0.500 e. The molecule has 0 fully saturated rings. The summed E-state index contributed by atoms with van der Waals surface area (Å²) in [5, 5.41) is 8.69. The summed E-state index contributed by atoms with van der Waals surface area (Å²) in [5.74, 6) is -0.837. The van der Waals surface area contributed by atoms with Gasteiger partial charge in [-0.15, -0.1) is 0 Å². The molecule has 0 radical (unpaired) electrons. The highest BCUT2D eigenvalue weighted by atomic mass is 28.4. The van der Waals surface area contributed by atoms with Crippen LogP contribution in [0, 0.1) is 0 Å². The summed E-state index contributed by atoms with van der Waals surface area (Å²) in [5.41, 5.74) is 0.421. The van der Waals surface area contributed by atoms with Gasteiger partial charge in [-0.2, -0.15) is 0 Å². The normalized spacial score (nSPS) is 12.7. The third-order valence-electron chi connectivity index (χ3n) is 3.16. The van der Waals surface area contributed by atoms with E-state index in [0.29, 0.717) is 5.57 Å². The Balaban J connectivity index is 3.71. The first kappa shape index (κ1) is 18.3. The number of hydrogen-bond donors (Lipinski definition) is 1. The number of aliphatic carboxylic acids is 1. The van der Waals surface area contributed by atoms with E-state index in [-0.39, 0.29) is 0 Å². The number of carboxylic acids is 1. The summed E-state index contributed by atoms with van der Waals surface area (Å²) in [4.78, 5) is 10.6. The number of rotatable bonds is 11. The van der Waals surface area contributed by atoms with Crippen LogP contribution in [-0.4, -0.2) is 41.2 Å². The average Bonchev–Trinajstić information content (AvgIpc) is 2.42. The topological polar surface area (TPSA) is 65.0 Å². The van der Waals surface area contributed by atoms with Crippen molar-refractivity contribution in [3.63, 3.8) is 0 Å². The van der Waals surface area contributed by atoms with Crippen molar-refractivity contribution in [1.29, 1.82) is 0 Å². The molecule has 0 rings (SSSR count). The van der Waals surface area contributed by atoms with Crippen molar-refractivity contribution in [2.75, 3.05) is 21.3 Å². The van der Waals surface area contributed by atoms with Gasteiger partial charge in [0.2, 0.25) is 0 Å². The fraction of sp³-hybridized carbons (Fsp3) is 0.769. The molecule has 0 amide bonds. The van der Waals surface area contributed by atoms with Gasteiger partial charge in [0.25, 0.3) is 0 Å². The Bertz CT molecular complexity index is 278. The molecular formula is C13H26O5Si. The van der Waals surface area contributed by atoms with Gasteiger partial charge in [0, 0.05) is 32.9 Å². The molecule has 0 bridgehead atoms. The number of unbranched alkanes of at least 4 members (excludes halogenated alkanes) is 4. The maximum atomic E-state index is 10.6. The van der Waals surface area contributed by atoms with Gasteiger partial charge in [-0.05, 0) is 26.2 Å². The second-order valence-corrected chi connectivity index (χ2v) is 7.53. The van der Waals surface area contributed by atoms with Crippen LogP contribution < -0.4 is 0 Å². The molecule has 0 heterocycles. The van der Waals surface area contributed by atoms with Gasteiger partial charge in [0.05, 0.1) is 0 Å². The van der Waals surface area contributed by atoms with E-state index in [9.17, 15) is 4.79 Å². The monoisotopic (exact) mass is 290 g/mol. The van der Waals surface area contributed by atoms with Crippen LogP contribution in [0.4, 0.5) is 0 Å². The molecule has 1 N–H and O–H groups in total. The zero-order valence-corrected chi connectivity index (χ0v) is 13.4. The summed E-state index contributed by atoms with van der Waals surface area (Å²) in [7, 11) is 2.46. The van der Waals surface area contributed by atoms with Crippen molar-refractivity contribution in [1.82, 2.24) is 0 Å². The second kappa shape index (κ2) is 10.1. The van der Waals surface area contributed by atoms with Crippen LogP contribution in [0.1, 0.15) is 39.0 Å². The highest BCUT2D eigenvalue weighted by molar-refractivity contribution is 6.60. The first-order valence-corrected chi connectivity index (χ1v) is 8.50. The Labute approximate surface area is 116 Å². The molecule has 0 aliphatic heterocycles. The fourth-order valence-electron chi connectivity index (χ4n) is 1.80. The maximum absolute atomic E-state index is 10.6. The lowest BCUT2D eigenvalue weighted by Gasteiger charge is -2.24. The molecule has 5 nitrogen and oxygen atoms in total. The molecule has 0 saturated carbocycles. The Morgan fingerprint density at radius 3 is 2.05 bits per heavy atom. The van der Waals surface area contributed by atoms with Crippen molar-refractivity contribution < 1.29 is 23.2 Å². The van der Waals surface area contributed by atoms with Gasteiger partial charge >= 0.3 is 14.8 Å². The highest BCUT2D eigenvalue weighted by Crippen LogP contribution is 2.18. The molecular weight excluding hydrogens is 264 g/mol. The van der Waals surface area contributed by atoms with Gasteiger partial charge in [-0.25, -0.2) is 4.79 Å². The predicted octanol–water partition coefficient (Wildman–Crippen LogP) is 2.85. The summed E-state index contributed by atoms with van der Waals surface area (Å²) in [6.45, 7) is 1.62. The minimum Gasteiger partial charge on any atom is -0.478 e. The summed E-state index contributed by atoms with van der Waals surface area (Å²) in [6.07, 6.45) is 6.76. The molecule has 0 aliphatic carbocycles. The lowest BCUT2D eigenvalue weighted by Crippen LogP contribution is -2.42. The van der Waals surface area contributed by atoms with Crippen LogP contribution in [0.5, 0.6) is 0 Å². The van der Waals surface area contributed by atoms with Crippen LogP contribution in [0.25, 0.3) is 0 Å².